The number of hydrogen-bond acceptors (Lipinski definition) is 7. The molecule has 4 aliphatic rings. The number of ether oxygens (including phenoxy) is 1. The molecule has 0 radical (unpaired) electrons. The lowest BCUT2D eigenvalue weighted by Crippen LogP contribution is -2.41. The molecule has 2 atom stereocenters. The number of phenols is 1. The Hall–Kier alpha value is -4.53. The van der Waals surface area contributed by atoms with Crippen LogP contribution in [0, 0.1) is 22.0 Å². The molecule has 9 nitrogen and oxygen atoms in total. The van der Waals surface area contributed by atoms with Gasteiger partial charge in [0.15, 0.2) is 5.75 Å². The van der Waals surface area contributed by atoms with Gasteiger partial charge in [-0.1, -0.05) is 48.5 Å². The average molecular weight is 483 g/mol. The minimum atomic E-state index is -0.734. The largest absolute Gasteiger partial charge is 0.500 e. The molecule has 0 aromatic heterocycles. The van der Waals surface area contributed by atoms with Crippen LogP contribution < -0.4 is 4.74 Å². The number of nitrogens with zero attached hydrogens (tertiary/aromatic N) is 3. The van der Waals surface area contributed by atoms with Gasteiger partial charge in [0.25, 0.3) is 11.8 Å². The van der Waals surface area contributed by atoms with Crippen LogP contribution in [0.25, 0.3) is 0 Å². The Morgan fingerprint density at radius 2 is 1.47 bits per heavy atom. The lowest BCUT2D eigenvalue weighted by molar-refractivity contribution is -0.386. The van der Waals surface area contributed by atoms with Crippen molar-refractivity contribution in [3.8, 4) is 11.5 Å². The quantitative estimate of drug-likeness (QED) is 0.254. The summed E-state index contributed by atoms with van der Waals surface area (Å²) in [6.07, 6.45) is 1.21. The zero-order valence-electron chi connectivity index (χ0n) is 19.2. The third-order valence-corrected chi connectivity index (χ3v) is 7.32. The van der Waals surface area contributed by atoms with E-state index < -0.39 is 40.0 Å². The van der Waals surface area contributed by atoms with Gasteiger partial charge in [-0.25, -0.2) is 0 Å². The number of benzene rings is 3. The lowest BCUT2D eigenvalue weighted by Gasteiger charge is -2.45. The number of nitro groups is 1. The molecule has 2 bridgehead atoms. The number of hydrazone groups is 1. The highest BCUT2D eigenvalue weighted by Crippen LogP contribution is 2.61. The summed E-state index contributed by atoms with van der Waals surface area (Å²) in [5.41, 5.74) is 3.90. The van der Waals surface area contributed by atoms with Crippen LogP contribution in [0.15, 0.2) is 65.8 Å². The molecule has 0 saturated carbocycles. The predicted octanol–water partition coefficient (Wildman–Crippen LogP) is 3.93. The maximum atomic E-state index is 13.6. The van der Waals surface area contributed by atoms with Gasteiger partial charge < -0.3 is 9.84 Å². The molecule has 0 unspecified atom stereocenters. The van der Waals surface area contributed by atoms with Crippen LogP contribution in [0.2, 0.25) is 0 Å². The molecule has 180 valence electrons. The Balaban J connectivity index is 1.40. The summed E-state index contributed by atoms with van der Waals surface area (Å²) < 4.78 is 5.30. The van der Waals surface area contributed by atoms with Crippen molar-refractivity contribution in [3.05, 3.63) is 98.6 Å². The number of phenolic OH excluding ortho intramolecular Hbond substituents is 1. The molecule has 36 heavy (non-hydrogen) atoms. The van der Waals surface area contributed by atoms with Crippen LogP contribution in [0.4, 0.5) is 5.69 Å². The lowest BCUT2D eigenvalue weighted by atomic mass is 9.55. The van der Waals surface area contributed by atoms with Crippen molar-refractivity contribution in [1.82, 2.24) is 5.01 Å². The maximum absolute atomic E-state index is 13.6. The number of hydrogen-bond donors (Lipinski definition) is 1. The Morgan fingerprint density at radius 1 is 0.972 bits per heavy atom. The van der Waals surface area contributed by atoms with Crippen LogP contribution in [-0.2, 0) is 9.59 Å². The molecule has 2 amide bonds. The van der Waals surface area contributed by atoms with Gasteiger partial charge in [-0.2, -0.15) is 10.1 Å². The summed E-state index contributed by atoms with van der Waals surface area (Å²) in [4.78, 5) is 37.8. The molecule has 3 aromatic rings. The molecule has 1 fully saturated rings. The number of imide groups is 1. The highest BCUT2D eigenvalue weighted by atomic mass is 16.6. The fraction of sp³-hybridized carbons (Fsp3) is 0.222. The Kier molecular flexibility index (Phi) is 4.89. The summed E-state index contributed by atoms with van der Waals surface area (Å²) in [7, 11) is 0. The molecular formula is C27H21N3O6. The van der Waals surface area contributed by atoms with Gasteiger partial charge in [0.05, 0.1) is 29.6 Å². The van der Waals surface area contributed by atoms with Crippen LogP contribution in [0.3, 0.4) is 0 Å². The van der Waals surface area contributed by atoms with Crippen LogP contribution >= 0.6 is 0 Å². The second kappa shape index (κ2) is 8.01. The summed E-state index contributed by atoms with van der Waals surface area (Å²) in [6.45, 7) is 1.86. The van der Waals surface area contributed by atoms with Crippen molar-refractivity contribution < 1.29 is 24.4 Å². The first-order valence-electron chi connectivity index (χ1n) is 11.7. The van der Waals surface area contributed by atoms with Crippen LogP contribution in [-0.4, -0.2) is 39.7 Å². The van der Waals surface area contributed by atoms with Crippen LogP contribution in [0.1, 0.15) is 46.6 Å². The number of rotatable bonds is 5. The van der Waals surface area contributed by atoms with Crippen molar-refractivity contribution in [2.45, 2.75) is 18.8 Å². The topological polar surface area (TPSA) is 122 Å². The minimum Gasteiger partial charge on any atom is -0.500 e. The smallest absolute Gasteiger partial charge is 0.315 e. The first kappa shape index (κ1) is 22.0. The van der Waals surface area contributed by atoms with E-state index >= 15 is 0 Å². The molecule has 1 saturated heterocycles. The van der Waals surface area contributed by atoms with Crippen molar-refractivity contribution >= 4 is 23.7 Å². The first-order chi connectivity index (χ1) is 17.4. The van der Waals surface area contributed by atoms with Crippen LogP contribution in [0.5, 0.6) is 11.5 Å². The monoisotopic (exact) mass is 483 g/mol. The van der Waals surface area contributed by atoms with Crippen molar-refractivity contribution in [2.75, 3.05) is 6.61 Å². The van der Waals surface area contributed by atoms with E-state index in [1.807, 2.05) is 48.5 Å². The number of carbonyl (C=O) groups is 2. The normalized spacial score (nSPS) is 23.5. The van der Waals surface area contributed by atoms with E-state index in [1.165, 1.54) is 12.3 Å². The zero-order valence-corrected chi connectivity index (χ0v) is 19.2. The summed E-state index contributed by atoms with van der Waals surface area (Å²) in [6, 6.07) is 18.4. The highest BCUT2D eigenvalue weighted by molar-refractivity contribution is 6.08. The number of amides is 2. The fourth-order valence-corrected chi connectivity index (χ4v) is 5.99. The van der Waals surface area contributed by atoms with E-state index in [4.69, 9.17) is 4.74 Å². The molecule has 1 N–H and O–H groups in total. The molecule has 1 heterocycles. The fourth-order valence-electron chi connectivity index (χ4n) is 5.99. The molecule has 7 rings (SSSR count). The van der Waals surface area contributed by atoms with Gasteiger partial charge >= 0.3 is 5.69 Å². The summed E-state index contributed by atoms with van der Waals surface area (Å²) in [5, 5.41) is 26.6. The Labute approximate surface area is 205 Å². The third kappa shape index (κ3) is 2.98. The summed E-state index contributed by atoms with van der Waals surface area (Å²) in [5.74, 6) is -3.09. The first-order valence-corrected chi connectivity index (χ1v) is 11.7. The van der Waals surface area contributed by atoms with E-state index in [-0.39, 0.29) is 29.8 Å². The van der Waals surface area contributed by atoms with E-state index in [0.717, 1.165) is 33.3 Å². The van der Waals surface area contributed by atoms with E-state index in [2.05, 4.69) is 5.10 Å². The second-order valence-electron chi connectivity index (χ2n) is 9.07. The highest BCUT2D eigenvalue weighted by Gasteiger charge is 2.61. The van der Waals surface area contributed by atoms with Crippen molar-refractivity contribution in [3.63, 3.8) is 0 Å². The van der Waals surface area contributed by atoms with Gasteiger partial charge in [-0.05, 0) is 35.2 Å². The van der Waals surface area contributed by atoms with E-state index in [9.17, 15) is 24.8 Å². The molecule has 9 heteroatoms. The average Bonchev–Trinajstić information content (AvgIpc) is 3.14. The standard InChI is InChI=1S/C27H21N3O6/c1-2-36-20-12-14(11-19(25(20)31)30(34)35)13-28-29-26(32)23-21-15-7-3-4-8-16(15)22(24(23)27(29)33)18-10-6-5-9-17(18)21/h3-13,21-24,31H,2H2,1H3/b28-13-/t21?,22?,23-,24+. The van der Waals surface area contributed by atoms with Gasteiger partial charge in [0.1, 0.15) is 0 Å². The minimum absolute atomic E-state index is 0.0789. The number of nitro benzene ring substituents is 1. The SMILES string of the molecule is CCOc1cc(/C=N\N2C(=O)[C@@H]3C4c5ccccc5C(c5ccccc54)[C@@H]3C2=O)cc([N+](=O)[O-])c1O. The van der Waals surface area contributed by atoms with E-state index in [1.54, 1.807) is 6.92 Å². The molecule has 1 aliphatic heterocycles. The molecule has 0 spiro atoms. The Bertz CT molecular complexity index is 1370. The second-order valence-corrected chi connectivity index (χ2v) is 9.07. The van der Waals surface area contributed by atoms with Gasteiger partial charge in [-0.3, -0.25) is 19.7 Å². The number of carbonyl (C=O) groups excluding carboxylic acids is 2. The summed E-state index contributed by atoms with van der Waals surface area (Å²) >= 11 is 0. The Morgan fingerprint density at radius 3 is 1.92 bits per heavy atom. The van der Waals surface area contributed by atoms with E-state index in [0.29, 0.717) is 0 Å². The molecular weight excluding hydrogens is 462 g/mol. The molecule has 3 aliphatic carbocycles. The van der Waals surface area contributed by atoms with Gasteiger partial charge in [0, 0.05) is 23.5 Å². The van der Waals surface area contributed by atoms with Gasteiger partial charge in [0.2, 0.25) is 5.75 Å². The number of aromatic hydroxyl groups is 1. The third-order valence-electron chi connectivity index (χ3n) is 7.32. The maximum Gasteiger partial charge on any atom is 0.315 e. The zero-order chi connectivity index (χ0) is 25.1. The van der Waals surface area contributed by atoms with Crippen molar-refractivity contribution in [1.29, 1.82) is 0 Å². The van der Waals surface area contributed by atoms with Crippen molar-refractivity contribution in [2.24, 2.45) is 16.9 Å². The van der Waals surface area contributed by atoms with Gasteiger partial charge in [-0.15, -0.1) is 0 Å². The predicted molar refractivity (Wildman–Crippen MR) is 129 cm³/mol. The molecule has 3 aromatic carbocycles.